The van der Waals surface area contributed by atoms with Gasteiger partial charge in [-0.1, -0.05) is 75.1 Å². The zero-order valence-corrected chi connectivity index (χ0v) is 22.7. The molecule has 0 heterocycles. The molecule has 0 bridgehead atoms. The Kier molecular flexibility index (Phi) is 31.8. The van der Waals surface area contributed by atoms with Crippen molar-refractivity contribution in [3.8, 4) is 0 Å². The fraction of sp³-hybridized carbons (Fsp3) is 0.636. The Bertz CT molecular complexity index is 320. The van der Waals surface area contributed by atoms with Gasteiger partial charge < -0.3 is 24.8 Å². The van der Waals surface area contributed by atoms with E-state index in [-0.39, 0.29) is 51.0 Å². The van der Waals surface area contributed by atoms with Crippen LogP contribution in [0.5, 0.6) is 0 Å². The van der Waals surface area contributed by atoms with Crippen molar-refractivity contribution in [1.82, 2.24) is 0 Å². The van der Waals surface area contributed by atoms with Crippen LogP contribution >= 0.6 is 0 Å². The van der Waals surface area contributed by atoms with Crippen molar-refractivity contribution in [2.24, 2.45) is 17.8 Å². The number of allylic oxidation sites excluding steroid dienone is 8. The van der Waals surface area contributed by atoms with E-state index in [1.54, 1.807) is 15.8 Å². The first-order chi connectivity index (χ1) is 10.9. The zero-order valence-electron chi connectivity index (χ0n) is 17.6. The largest absolute Gasteiger partial charge is 4.00 e. The van der Waals surface area contributed by atoms with Crippen molar-refractivity contribution in [3.63, 3.8) is 0 Å². The van der Waals surface area contributed by atoms with Gasteiger partial charge in [0.1, 0.15) is 0 Å². The average molecular weight is 491 g/mol. The summed E-state index contributed by atoms with van der Waals surface area (Å²) in [5.74, 6) is 2.78. The minimum Gasteiger partial charge on any atom is -1.00 e. The fourth-order valence-electron chi connectivity index (χ4n) is 2.97. The third kappa shape index (κ3) is 27.2. The summed E-state index contributed by atoms with van der Waals surface area (Å²) in [6, 6.07) is 0. The van der Waals surface area contributed by atoms with Crippen molar-refractivity contribution < 1.29 is 51.0 Å². The van der Waals surface area contributed by atoms with E-state index in [4.69, 9.17) is 0 Å². The predicted octanol–water partition coefficient (Wildman–Crippen LogP) is 1.07. The molecule has 0 saturated carbocycles. The Morgan fingerprint density at radius 3 is 1.12 bits per heavy atom. The standard InChI is InChI=1S/2C5H5.3C4H9.Al.2ClH.Zr/c2*1-2-4-5-3-1;3*1-4(2)3;;;;/h2*1-3H,4H2;3*4H,1H2,2-3H3;;2*1H;/q2*-1;;;;;;;+4/p-2. The molecular weight excluding hydrogens is 453 g/mol. The van der Waals surface area contributed by atoms with Crippen LogP contribution in [-0.4, -0.2) is 14.1 Å². The number of halogens is 2. The monoisotopic (exact) mass is 488 g/mol. The Labute approximate surface area is 200 Å². The van der Waals surface area contributed by atoms with Crippen molar-refractivity contribution in [3.05, 3.63) is 48.6 Å². The molecule has 0 aromatic carbocycles. The van der Waals surface area contributed by atoms with Crippen molar-refractivity contribution in [2.75, 3.05) is 0 Å². The molecule has 0 fully saturated rings. The second-order valence-electron chi connectivity index (χ2n) is 7.76. The molecule has 2 rings (SSSR count). The predicted molar refractivity (Wildman–Crippen MR) is 108 cm³/mol. The van der Waals surface area contributed by atoms with Crippen LogP contribution in [0.15, 0.2) is 36.5 Å². The van der Waals surface area contributed by atoms with E-state index >= 15 is 0 Å². The van der Waals surface area contributed by atoms with Gasteiger partial charge in [-0.3, -0.25) is 12.2 Å². The van der Waals surface area contributed by atoms with Gasteiger partial charge in [0.2, 0.25) is 0 Å². The summed E-state index contributed by atoms with van der Waals surface area (Å²) in [7, 11) is 0. The molecule has 0 N–H and O–H groups in total. The van der Waals surface area contributed by atoms with Gasteiger partial charge in [-0.15, -0.1) is 12.8 Å². The Morgan fingerprint density at radius 1 is 0.692 bits per heavy atom. The number of rotatable bonds is 6. The molecule has 0 unspecified atom stereocenters. The average Bonchev–Trinajstić information content (AvgIpc) is 3.16. The zero-order chi connectivity index (χ0) is 17.5. The Hall–Kier alpha value is 0.956. The van der Waals surface area contributed by atoms with Crippen LogP contribution in [0.25, 0.3) is 0 Å². The molecular formula is C22H37AlCl2Zr. The molecule has 146 valence electrons. The van der Waals surface area contributed by atoms with Gasteiger partial charge >= 0.3 is 26.2 Å². The van der Waals surface area contributed by atoms with Crippen molar-refractivity contribution in [2.45, 2.75) is 70.2 Å². The summed E-state index contributed by atoms with van der Waals surface area (Å²) in [5, 5.41) is 4.66. The molecule has 0 aliphatic heterocycles. The van der Waals surface area contributed by atoms with Crippen LogP contribution < -0.4 is 24.8 Å². The van der Waals surface area contributed by atoms with Crippen LogP contribution in [0.4, 0.5) is 0 Å². The van der Waals surface area contributed by atoms with Crippen LogP contribution in [0, 0.1) is 29.9 Å². The molecule has 4 heteroatoms. The summed E-state index contributed by atoms with van der Waals surface area (Å²) in [6.07, 6.45) is 20.0. The summed E-state index contributed by atoms with van der Waals surface area (Å²) < 4.78 is 0. The molecule has 0 aromatic rings. The molecule has 0 aromatic heterocycles. The summed E-state index contributed by atoms with van der Waals surface area (Å²) in [4.78, 5) is 0. The third-order valence-corrected chi connectivity index (χ3v) is 8.41. The molecule has 2 aliphatic rings. The number of hydrogen-bond donors (Lipinski definition) is 0. The minimum absolute atomic E-state index is 0. The van der Waals surface area contributed by atoms with Crippen molar-refractivity contribution in [1.29, 1.82) is 0 Å². The topological polar surface area (TPSA) is 0 Å². The van der Waals surface area contributed by atoms with Crippen LogP contribution in [0.2, 0.25) is 15.8 Å². The van der Waals surface area contributed by atoms with E-state index in [2.05, 4.69) is 65.8 Å². The van der Waals surface area contributed by atoms with Gasteiger partial charge in [0.15, 0.2) is 0 Å². The third-order valence-electron chi connectivity index (χ3n) is 3.59. The normalized spacial score (nSPS) is 12.7. The van der Waals surface area contributed by atoms with E-state index in [1.165, 1.54) is 0 Å². The van der Waals surface area contributed by atoms with E-state index < -0.39 is 14.1 Å². The summed E-state index contributed by atoms with van der Waals surface area (Å²) >= 11 is -0.407. The van der Waals surface area contributed by atoms with E-state index in [0.29, 0.717) is 0 Å². The SMILES string of the molecule is CC(C)[CH2][Al]([CH2]C(C)C)[CH2]C(C)C.[C-]1=CC=CC1.[C-]1=CC=CC1.[Cl-].[Cl-].[Zr+4]. The molecule has 0 spiro atoms. The maximum atomic E-state index is 2.99. The smallest absolute Gasteiger partial charge is 1.00 e. The molecule has 26 heavy (non-hydrogen) atoms. The summed E-state index contributed by atoms with van der Waals surface area (Å²) in [6.45, 7) is 14.3. The van der Waals surface area contributed by atoms with E-state index in [9.17, 15) is 0 Å². The van der Waals surface area contributed by atoms with Gasteiger partial charge in [0, 0.05) is 0 Å². The van der Waals surface area contributed by atoms with Crippen molar-refractivity contribution >= 4 is 14.1 Å². The first kappa shape index (κ1) is 34.5. The fourth-order valence-corrected chi connectivity index (χ4v) is 7.55. The second kappa shape index (κ2) is 24.0. The second-order valence-corrected chi connectivity index (χ2v) is 10.9. The Balaban J connectivity index is -0.000000154. The molecule has 0 atom stereocenters. The first-order valence-electron chi connectivity index (χ1n) is 9.35. The first-order valence-corrected chi connectivity index (χ1v) is 11.8. The molecule has 0 radical (unpaired) electrons. The molecule has 0 nitrogen and oxygen atoms in total. The molecule has 0 saturated heterocycles. The molecule has 2 aliphatic carbocycles. The van der Waals surface area contributed by atoms with Crippen LogP contribution in [-0.2, 0) is 26.2 Å². The van der Waals surface area contributed by atoms with Gasteiger partial charge in [-0.25, -0.2) is 24.3 Å². The van der Waals surface area contributed by atoms with Gasteiger partial charge in [0.05, 0.1) is 0 Å². The van der Waals surface area contributed by atoms with E-state index in [0.717, 1.165) is 30.6 Å². The molecule has 0 amide bonds. The van der Waals surface area contributed by atoms with Gasteiger partial charge in [-0.05, 0) is 0 Å². The Morgan fingerprint density at radius 2 is 1.00 bits per heavy atom. The van der Waals surface area contributed by atoms with E-state index in [1.807, 2.05) is 24.3 Å². The maximum absolute atomic E-state index is 2.99. The minimum atomic E-state index is -0.407. The number of hydrogen-bond acceptors (Lipinski definition) is 0. The van der Waals surface area contributed by atoms with Crippen LogP contribution in [0.3, 0.4) is 0 Å². The van der Waals surface area contributed by atoms with Crippen LogP contribution in [0.1, 0.15) is 54.4 Å². The quantitative estimate of drug-likeness (QED) is 0.386. The summed E-state index contributed by atoms with van der Waals surface area (Å²) in [5.41, 5.74) is 0. The van der Waals surface area contributed by atoms with Gasteiger partial charge in [0.25, 0.3) is 14.1 Å². The maximum Gasteiger partial charge on any atom is 4.00 e. The van der Waals surface area contributed by atoms with Gasteiger partial charge in [-0.2, -0.15) is 12.2 Å².